The van der Waals surface area contributed by atoms with Crippen LogP contribution in [0, 0.1) is 5.41 Å². The third-order valence-corrected chi connectivity index (χ3v) is 2.63. The molecule has 0 unspecified atom stereocenters. The molecule has 1 aromatic carbocycles. The Morgan fingerprint density at radius 3 is 2.25 bits per heavy atom. The molecule has 0 fully saturated rings. The van der Waals surface area contributed by atoms with E-state index < -0.39 is 24.0 Å². The molecular formula is C14H17ClF3NO. The maximum absolute atomic E-state index is 12.6. The van der Waals surface area contributed by atoms with Crippen molar-refractivity contribution in [2.45, 2.75) is 26.9 Å². The number of alkyl halides is 3. The summed E-state index contributed by atoms with van der Waals surface area (Å²) in [5, 5.41) is 0.318. The van der Waals surface area contributed by atoms with E-state index in [0.717, 1.165) is 4.90 Å². The highest BCUT2D eigenvalue weighted by Crippen LogP contribution is 2.23. The van der Waals surface area contributed by atoms with Crippen LogP contribution in [0.3, 0.4) is 0 Å². The molecule has 0 spiro atoms. The Hall–Kier alpha value is -1.23. The van der Waals surface area contributed by atoms with Gasteiger partial charge in [0.25, 0.3) is 5.91 Å². The first-order valence-corrected chi connectivity index (χ1v) is 6.47. The summed E-state index contributed by atoms with van der Waals surface area (Å²) < 4.78 is 37.8. The van der Waals surface area contributed by atoms with E-state index in [-0.39, 0.29) is 12.1 Å². The SMILES string of the molecule is CC(C)(C)CN(CC(F)(F)F)C(=O)c1cccc(Cl)c1. The van der Waals surface area contributed by atoms with Crippen LogP contribution < -0.4 is 0 Å². The average Bonchev–Trinajstić information content (AvgIpc) is 2.23. The van der Waals surface area contributed by atoms with Crippen LogP contribution in [-0.2, 0) is 0 Å². The first kappa shape index (κ1) is 16.8. The highest BCUT2D eigenvalue weighted by atomic mass is 35.5. The largest absolute Gasteiger partial charge is 0.406 e. The molecular weight excluding hydrogens is 291 g/mol. The molecule has 1 aromatic rings. The van der Waals surface area contributed by atoms with Gasteiger partial charge in [-0.05, 0) is 23.6 Å². The Morgan fingerprint density at radius 1 is 1.20 bits per heavy atom. The summed E-state index contributed by atoms with van der Waals surface area (Å²) >= 11 is 5.77. The van der Waals surface area contributed by atoms with Crippen molar-refractivity contribution in [2.75, 3.05) is 13.1 Å². The number of carbonyl (C=O) groups is 1. The summed E-state index contributed by atoms with van der Waals surface area (Å²) in [6.07, 6.45) is -4.43. The van der Waals surface area contributed by atoms with Gasteiger partial charge in [0.2, 0.25) is 0 Å². The van der Waals surface area contributed by atoms with Crippen LogP contribution in [0.5, 0.6) is 0 Å². The fraction of sp³-hybridized carbons (Fsp3) is 0.500. The number of carbonyl (C=O) groups excluding carboxylic acids is 1. The van der Waals surface area contributed by atoms with Crippen LogP contribution in [-0.4, -0.2) is 30.1 Å². The molecule has 0 aliphatic rings. The van der Waals surface area contributed by atoms with Gasteiger partial charge < -0.3 is 4.90 Å². The zero-order valence-electron chi connectivity index (χ0n) is 11.6. The zero-order chi connectivity index (χ0) is 15.6. The lowest BCUT2D eigenvalue weighted by Gasteiger charge is -2.30. The van der Waals surface area contributed by atoms with Gasteiger partial charge in [-0.15, -0.1) is 0 Å². The van der Waals surface area contributed by atoms with Crippen LogP contribution in [0.15, 0.2) is 24.3 Å². The molecule has 0 aromatic heterocycles. The fourth-order valence-electron chi connectivity index (χ4n) is 1.79. The summed E-state index contributed by atoms with van der Waals surface area (Å²) in [4.78, 5) is 13.0. The second-order valence-corrected chi connectivity index (χ2v) is 6.28. The van der Waals surface area contributed by atoms with Crippen molar-refractivity contribution in [1.82, 2.24) is 4.90 Å². The third kappa shape index (κ3) is 5.82. The van der Waals surface area contributed by atoms with E-state index in [1.54, 1.807) is 32.9 Å². The molecule has 112 valence electrons. The summed E-state index contributed by atoms with van der Waals surface area (Å²) in [5.74, 6) is -0.667. The third-order valence-electron chi connectivity index (χ3n) is 2.39. The minimum atomic E-state index is -4.43. The van der Waals surface area contributed by atoms with Crippen LogP contribution >= 0.6 is 11.6 Å². The molecule has 0 radical (unpaired) electrons. The Morgan fingerprint density at radius 2 is 1.80 bits per heavy atom. The van der Waals surface area contributed by atoms with Gasteiger partial charge in [0.05, 0.1) is 0 Å². The smallest absolute Gasteiger partial charge is 0.329 e. The minimum absolute atomic E-state index is 0.0118. The molecule has 20 heavy (non-hydrogen) atoms. The average molecular weight is 308 g/mol. The molecule has 0 atom stereocenters. The standard InChI is InChI=1S/C14H17ClF3NO/c1-13(2,3)8-19(9-14(16,17)18)12(20)10-5-4-6-11(15)7-10/h4-7H,8-9H2,1-3H3. The second kappa shape index (κ2) is 6.04. The molecule has 1 rings (SSSR count). The number of benzene rings is 1. The maximum atomic E-state index is 12.6. The minimum Gasteiger partial charge on any atom is -0.329 e. The van der Waals surface area contributed by atoms with E-state index in [1.165, 1.54) is 12.1 Å². The molecule has 0 bridgehead atoms. The molecule has 0 aliphatic carbocycles. The normalized spacial score (nSPS) is 12.3. The van der Waals surface area contributed by atoms with Gasteiger partial charge in [-0.25, -0.2) is 0 Å². The summed E-state index contributed by atoms with van der Waals surface area (Å²) in [6, 6.07) is 5.94. The predicted molar refractivity (Wildman–Crippen MR) is 72.9 cm³/mol. The zero-order valence-corrected chi connectivity index (χ0v) is 12.3. The van der Waals surface area contributed by atoms with E-state index in [4.69, 9.17) is 11.6 Å². The van der Waals surface area contributed by atoms with Gasteiger partial charge in [0.15, 0.2) is 0 Å². The Kier molecular flexibility index (Phi) is 5.08. The van der Waals surface area contributed by atoms with Crippen molar-refractivity contribution < 1.29 is 18.0 Å². The summed E-state index contributed by atoms with van der Waals surface area (Å²) in [6.45, 7) is 4.08. The monoisotopic (exact) mass is 307 g/mol. The summed E-state index contributed by atoms with van der Waals surface area (Å²) in [5.41, 5.74) is -0.273. The van der Waals surface area contributed by atoms with Gasteiger partial charge in [0.1, 0.15) is 6.54 Å². The van der Waals surface area contributed by atoms with Crippen molar-refractivity contribution in [1.29, 1.82) is 0 Å². The molecule has 0 aliphatic heterocycles. The number of hydrogen-bond acceptors (Lipinski definition) is 1. The second-order valence-electron chi connectivity index (χ2n) is 5.85. The number of nitrogens with zero attached hydrogens (tertiary/aromatic N) is 1. The van der Waals surface area contributed by atoms with Crippen molar-refractivity contribution in [3.8, 4) is 0 Å². The Labute approximate surface area is 121 Å². The molecule has 0 N–H and O–H groups in total. The molecule has 0 saturated heterocycles. The molecule has 1 amide bonds. The van der Waals surface area contributed by atoms with Crippen LogP contribution in [0.1, 0.15) is 31.1 Å². The van der Waals surface area contributed by atoms with E-state index in [2.05, 4.69) is 0 Å². The van der Waals surface area contributed by atoms with Crippen LogP contribution in [0.4, 0.5) is 13.2 Å². The fourth-order valence-corrected chi connectivity index (χ4v) is 1.98. The van der Waals surface area contributed by atoms with Crippen LogP contribution in [0.25, 0.3) is 0 Å². The van der Waals surface area contributed by atoms with Crippen LogP contribution in [0.2, 0.25) is 5.02 Å². The Balaban J connectivity index is 3.00. The maximum Gasteiger partial charge on any atom is 0.406 e. The highest BCUT2D eigenvalue weighted by molar-refractivity contribution is 6.30. The summed E-state index contributed by atoms with van der Waals surface area (Å²) in [7, 11) is 0. The van der Waals surface area contributed by atoms with Gasteiger partial charge in [-0.1, -0.05) is 38.4 Å². The van der Waals surface area contributed by atoms with Gasteiger partial charge in [-0.2, -0.15) is 13.2 Å². The van der Waals surface area contributed by atoms with Gasteiger partial charge in [0, 0.05) is 17.1 Å². The number of amides is 1. The first-order chi connectivity index (χ1) is 8.98. The lowest BCUT2D eigenvalue weighted by molar-refractivity contribution is -0.142. The van der Waals surface area contributed by atoms with E-state index >= 15 is 0 Å². The van der Waals surface area contributed by atoms with E-state index in [1.807, 2.05) is 0 Å². The molecule has 6 heteroatoms. The van der Waals surface area contributed by atoms with Crippen molar-refractivity contribution in [3.63, 3.8) is 0 Å². The molecule has 0 saturated carbocycles. The lowest BCUT2D eigenvalue weighted by atomic mass is 9.95. The highest BCUT2D eigenvalue weighted by Gasteiger charge is 2.35. The number of hydrogen-bond donors (Lipinski definition) is 0. The first-order valence-electron chi connectivity index (χ1n) is 6.09. The van der Waals surface area contributed by atoms with E-state index in [0.29, 0.717) is 5.02 Å². The quantitative estimate of drug-likeness (QED) is 0.811. The molecule has 0 heterocycles. The van der Waals surface area contributed by atoms with Crippen molar-refractivity contribution in [2.24, 2.45) is 5.41 Å². The van der Waals surface area contributed by atoms with Gasteiger partial charge >= 0.3 is 6.18 Å². The van der Waals surface area contributed by atoms with Crippen molar-refractivity contribution in [3.05, 3.63) is 34.9 Å². The number of rotatable bonds is 3. The van der Waals surface area contributed by atoms with E-state index in [9.17, 15) is 18.0 Å². The topological polar surface area (TPSA) is 20.3 Å². The molecule has 2 nitrogen and oxygen atoms in total. The lowest BCUT2D eigenvalue weighted by Crippen LogP contribution is -2.43. The Bertz CT molecular complexity index is 464. The van der Waals surface area contributed by atoms with Gasteiger partial charge in [-0.3, -0.25) is 4.79 Å². The van der Waals surface area contributed by atoms with Crippen molar-refractivity contribution >= 4 is 17.5 Å². The number of halogens is 4. The predicted octanol–water partition coefficient (Wildman–Crippen LogP) is 4.39.